The van der Waals surface area contributed by atoms with Crippen LogP contribution < -0.4 is 4.83 Å². The summed E-state index contributed by atoms with van der Waals surface area (Å²) in [5.74, 6) is -0.158. The van der Waals surface area contributed by atoms with Gasteiger partial charge in [-0.3, -0.25) is 4.98 Å². The Morgan fingerprint density at radius 2 is 1.85 bits per heavy atom. The van der Waals surface area contributed by atoms with Crippen LogP contribution in [0.2, 0.25) is 0 Å². The molecule has 140 valence electrons. The predicted molar refractivity (Wildman–Crippen MR) is 99.6 cm³/mol. The average molecular weight is 377 g/mol. The molecule has 1 aromatic heterocycles. The van der Waals surface area contributed by atoms with Crippen molar-refractivity contribution in [3.05, 3.63) is 52.8 Å². The van der Waals surface area contributed by atoms with Gasteiger partial charge in [0.15, 0.2) is 0 Å². The molecule has 0 aliphatic rings. The minimum Gasteiger partial charge on any atom is -0.505 e. The third-order valence-corrected chi connectivity index (χ3v) is 5.16. The third kappa shape index (κ3) is 4.39. The monoisotopic (exact) mass is 377 g/mol. The second-order valence-corrected chi connectivity index (χ2v) is 8.58. The Labute approximate surface area is 153 Å². The van der Waals surface area contributed by atoms with Crippen LogP contribution in [0.3, 0.4) is 0 Å². The number of benzene rings is 1. The van der Waals surface area contributed by atoms with Gasteiger partial charge in [-0.1, -0.05) is 32.9 Å². The van der Waals surface area contributed by atoms with Crippen LogP contribution in [-0.2, 0) is 22.0 Å². The van der Waals surface area contributed by atoms with Crippen molar-refractivity contribution in [2.45, 2.75) is 44.6 Å². The van der Waals surface area contributed by atoms with Crippen molar-refractivity contribution in [3.8, 4) is 5.75 Å². The molecule has 0 unspecified atom stereocenters. The van der Waals surface area contributed by atoms with Gasteiger partial charge in [0.1, 0.15) is 5.75 Å². The Morgan fingerprint density at radius 3 is 2.38 bits per heavy atom. The summed E-state index contributed by atoms with van der Waals surface area (Å²) in [4.78, 5) is 6.12. The van der Waals surface area contributed by atoms with Crippen molar-refractivity contribution < 1.29 is 18.6 Å². The summed E-state index contributed by atoms with van der Waals surface area (Å²) < 4.78 is 24.7. The fourth-order valence-electron chi connectivity index (χ4n) is 2.27. The Morgan fingerprint density at radius 1 is 1.23 bits per heavy atom. The van der Waals surface area contributed by atoms with Gasteiger partial charge < -0.3 is 10.2 Å². The Kier molecular flexibility index (Phi) is 5.68. The van der Waals surface area contributed by atoms with Gasteiger partial charge >= 0.3 is 0 Å². The molecule has 0 saturated carbocycles. The number of hydrazone groups is 1. The van der Waals surface area contributed by atoms with Crippen molar-refractivity contribution in [2.24, 2.45) is 5.10 Å². The Bertz CT molecular complexity index is 915. The quantitative estimate of drug-likeness (QED) is 0.546. The molecule has 1 aromatic carbocycles. The highest BCUT2D eigenvalue weighted by Crippen LogP contribution is 2.24. The molecule has 0 bridgehead atoms. The summed E-state index contributed by atoms with van der Waals surface area (Å²) in [5, 5.41) is 23.0. The van der Waals surface area contributed by atoms with E-state index < -0.39 is 10.0 Å². The zero-order chi connectivity index (χ0) is 19.5. The highest BCUT2D eigenvalue weighted by atomic mass is 32.2. The first kappa shape index (κ1) is 19.9. The van der Waals surface area contributed by atoms with Crippen LogP contribution in [-0.4, -0.2) is 29.8 Å². The topological polar surface area (TPSA) is 112 Å². The lowest BCUT2D eigenvalue weighted by Gasteiger charge is -2.19. The van der Waals surface area contributed by atoms with Crippen LogP contribution in [0.1, 0.15) is 43.2 Å². The highest BCUT2D eigenvalue weighted by Gasteiger charge is 2.17. The van der Waals surface area contributed by atoms with E-state index in [9.17, 15) is 18.6 Å². The van der Waals surface area contributed by atoms with Crippen molar-refractivity contribution >= 4 is 16.2 Å². The van der Waals surface area contributed by atoms with E-state index in [1.165, 1.54) is 18.3 Å². The SMILES string of the molecule is Cc1ncc(CO)c(/C=N/NS(=O)(=O)c2ccc(C(C)(C)C)cc2)c1O. The van der Waals surface area contributed by atoms with Gasteiger partial charge in [-0.25, -0.2) is 4.83 Å². The maximum Gasteiger partial charge on any atom is 0.276 e. The predicted octanol–water partition coefficient (Wildman–Crippen LogP) is 2.20. The first-order valence-corrected chi connectivity index (χ1v) is 9.48. The molecule has 0 atom stereocenters. The summed E-state index contributed by atoms with van der Waals surface area (Å²) in [6, 6.07) is 6.57. The largest absolute Gasteiger partial charge is 0.505 e. The summed E-state index contributed by atoms with van der Waals surface area (Å²) in [6.45, 7) is 7.36. The molecular formula is C18H23N3O4S. The molecule has 7 nitrogen and oxygen atoms in total. The molecule has 2 rings (SSSR count). The number of sulfonamides is 1. The second kappa shape index (κ2) is 7.43. The number of aliphatic hydroxyl groups is 1. The van der Waals surface area contributed by atoms with E-state index in [0.29, 0.717) is 11.3 Å². The molecule has 8 heteroatoms. The number of hydrogen-bond acceptors (Lipinski definition) is 6. The fourth-order valence-corrected chi connectivity index (χ4v) is 3.06. The molecule has 3 N–H and O–H groups in total. The van der Waals surface area contributed by atoms with Gasteiger partial charge in [0, 0.05) is 17.3 Å². The van der Waals surface area contributed by atoms with Gasteiger partial charge in [0.2, 0.25) is 0 Å². The summed E-state index contributed by atoms with van der Waals surface area (Å²) in [7, 11) is -3.84. The van der Waals surface area contributed by atoms with E-state index in [1.54, 1.807) is 19.1 Å². The lowest BCUT2D eigenvalue weighted by Crippen LogP contribution is -2.19. The third-order valence-electron chi connectivity index (χ3n) is 3.93. The molecule has 0 aliphatic heterocycles. The molecule has 0 amide bonds. The molecule has 0 aliphatic carbocycles. The van der Waals surface area contributed by atoms with Gasteiger partial charge in [-0.15, -0.1) is 0 Å². The smallest absolute Gasteiger partial charge is 0.276 e. The summed E-state index contributed by atoms with van der Waals surface area (Å²) in [5.41, 5.74) is 1.84. The Balaban J connectivity index is 2.23. The number of nitrogens with one attached hydrogen (secondary N) is 1. The first-order valence-electron chi connectivity index (χ1n) is 8.00. The molecule has 0 saturated heterocycles. The van der Waals surface area contributed by atoms with Crippen LogP contribution in [0.25, 0.3) is 0 Å². The number of hydrogen-bond donors (Lipinski definition) is 3. The van der Waals surface area contributed by atoms with Crippen LogP contribution in [0.4, 0.5) is 0 Å². The number of pyridine rings is 1. The van der Waals surface area contributed by atoms with E-state index >= 15 is 0 Å². The van der Waals surface area contributed by atoms with E-state index in [4.69, 9.17) is 0 Å². The first-order chi connectivity index (χ1) is 12.1. The summed E-state index contributed by atoms with van der Waals surface area (Å²) >= 11 is 0. The minimum atomic E-state index is -3.84. The summed E-state index contributed by atoms with van der Waals surface area (Å²) in [6.07, 6.45) is 2.55. The van der Waals surface area contributed by atoms with Crippen molar-refractivity contribution in [1.82, 2.24) is 9.82 Å². The maximum atomic E-state index is 12.3. The average Bonchev–Trinajstić information content (AvgIpc) is 2.58. The second-order valence-electron chi connectivity index (χ2n) is 6.92. The van der Waals surface area contributed by atoms with Crippen LogP contribution >= 0.6 is 0 Å². The number of rotatable bonds is 5. The number of nitrogens with zero attached hydrogens (tertiary/aromatic N) is 2. The standard InChI is InChI=1S/C18H23N3O4S/c1-12-17(23)16(13(11-22)9-19-12)10-20-21-26(24,25)15-7-5-14(6-8-15)18(2,3)4/h5-10,21-23H,11H2,1-4H3/b20-10+. The number of aryl methyl sites for hydroxylation is 1. The van der Waals surface area contributed by atoms with E-state index in [-0.39, 0.29) is 28.2 Å². The zero-order valence-corrected chi connectivity index (χ0v) is 16.0. The van der Waals surface area contributed by atoms with E-state index in [1.807, 2.05) is 20.8 Å². The Hall–Kier alpha value is -2.45. The molecule has 0 spiro atoms. The zero-order valence-electron chi connectivity index (χ0n) is 15.2. The van der Waals surface area contributed by atoms with E-state index in [0.717, 1.165) is 11.8 Å². The van der Waals surface area contributed by atoms with Crippen molar-refractivity contribution in [3.63, 3.8) is 0 Å². The van der Waals surface area contributed by atoms with Gasteiger partial charge in [0.05, 0.1) is 23.4 Å². The van der Waals surface area contributed by atoms with Crippen LogP contribution in [0.5, 0.6) is 5.75 Å². The normalized spacial score (nSPS) is 12.5. The van der Waals surface area contributed by atoms with Gasteiger partial charge in [0.25, 0.3) is 10.0 Å². The van der Waals surface area contributed by atoms with Crippen LogP contribution in [0, 0.1) is 6.92 Å². The van der Waals surface area contributed by atoms with E-state index in [2.05, 4.69) is 14.9 Å². The molecule has 2 aromatic rings. The van der Waals surface area contributed by atoms with Crippen molar-refractivity contribution in [2.75, 3.05) is 0 Å². The lowest BCUT2D eigenvalue weighted by atomic mass is 9.87. The lowest BCUT2D eigenvalue weighted by molar-refractivity contribution is 0.280. The fraction of sp³-hybridized carbons (Fsp3) is 0.333. The molecule has 26 heavy (non-hydrogen) atoms. The minimum absolute atomic E-state index is 0.0781. The van der Waals surface area contributed by atoms with Crippen LogP contribution in [0.15, 0.2) is 40.5 Å². The van der Waals surface area contributed by atoms with Gasteiger partial charge in [-0.2, -0.15) is 13.5 Å². The number of aliphatic hydroxyl groups excluding tert-OH is 1. The molecular weight excluding hydrogens is 354 g/mol. The molecule has 1 heterocycles. The number of aromatic hydroxyl groups is 1. The maximum absolute atomic E-state index is 12.3. The van der Waals surface area contributed by atoms with Gasteiger partial charge in [-0.05, 0) is 30.0 Å². The van der Waals surface area contributed by atoms with Crippen molar-refractivity contribution in [1.29, 1.82) is 0 Å². The highest BCUT2D eigenvalue weighted by molar-refractivity contribution is 7.89. The molecule has 0 radical (unpaired) electrons. The molecule has 0 fully saturated rings. The number of aromatic nitrogens is 1.